The van der Waals surface area contributed by atoms with Gasteiger partial charge in [0.25, 0.3) is 0 Å². The Morgan fingerprint density at radius 3 is 2.68 bits per heavy atom. The van der Waals surface area contributed by atoms with Crippen LogP contribution in [-0.4, -0.2) is 14.4 Å². The summed E-state index contributed by atoms with van der Waals surface area (Å²) < 4.78 is 2.11. The largest absolute Gasteiger partial charge is 0.382 e. The van der Waals surface area contributed by atoms with Crippen molar-refractivity contribution >= 4 is 23.5 Å². The monoisotopic (exact) mass is 290 g/mol. The minimum absolute atomic E-state index is 0.535. The highest BCUT2D eigenvalue weighted by Gasteiger charge is 2.25. The molecular formula is C18H18N4. The molecule has 0 atom stereocenters. The van der Waals surface area contributed by atoms with E-state index < -0.39 is 0 Å². The predicted molar refractivity (Wildman–Crippen MR) is 89.4 cm³/mol. The third kappa shape index (κ3) is 2.17. The van der Waals surface area contributed by atoms with Gasteiger partial charge in [0.15, 0.2) is 0 Å². The number of hydrogen-bond acceptors (Lipinski definition) is 3. The van der Waals surface area contributed by atoms with E-state index in [1.165, 1.54) is 19.3 Å². The molecule has 2 aromatic heterocycles. The molecule has 1 aromatic carbocycles. The molecule has 1 aliphatic carbocycles. The van der Waals surface area contributed by atoms with Gasteiger partial charge in [0.1, 0.15) is 17.2 Å². The van der Waals surface area contributed by atoms with Crippen LogP contribution in [0.2, 0.25) is 0 Å². The molecular weight excluding hydrogens is 272 g/mol. The number of fused-ring (bicyclic) bond motifs is 1. The van der Waals surface area contributed by atoms with Crippen LogP contribution in [0.3, 0.4) is 0 Å². The van der Waals surface area contributed by atoms with Crippen LogP contribution in [0.1, 0.15) is 42.3 Å². The number of nitrogens with two attached hydrogens (primary N) is 1. The van der Waals surface area contributed by atoms with Gasteiger partial charge in [-0.25, -0.2) is 9.97 Å². The predicted octanol–water partition coefficient (Wildman–Crippen LogP) is 3.75. The van der Waals surface area contributed by atoms with Crippen LogP contribution in [0.15, 0.2) is 42.7 Å². The van der Waals surface area contributed by atoms with Crippen molar-refractivity contribution in [1.82, 2.24) is 14.4 Å². The summed E-state index contributed by atoms with van der Waals surface area (Å²) in [5, 5.41) is 0. The molecule has 0 spiro atoms. The van der Waals surface area contributed by atoms with Crippen molar-refractivity contribution in [1.29, 1.82) is 0 Å². The van der Waals surface area contributed by atoms with Crippen LogP contribution in [0.25, 0.3) is 17.7 Å². The average Bonchev–Trinajstić information content (AvgIpc) is 2.85. The maximum atomic E-state index is 6.09. The summed E-state index contributed by atoms with van der Waals surface area (Å²) in [6, 6.07) is 10.2. The quantitative estimate of drug-likeness (QED) is 0.799. The Kier molecular flexibility index (Phi) is 3.15. The molecule has 0 bridgehead atoms. The van der Waals surface area contributed by atoms with E-state index in [1.54, 1.807) is 6.20 Å². The molecule has 0 unspecified atom stereocenters. The molecule has 0 aliphatic heterocycles. The first-order valence-corrected chi connectivity index (χ1v) is 7.68. The number of anilines is 1. The van der Waals surface area contributed by atoms with Crippen molar-refractivity contribution in [2.75, 3.05) is 5.73 Å². The summed E-state index contributed by atoms with van der Waals surface area (Å²) in [6.45, 7) is 0. The molecule has 0 saturated heterocycles. The molecule has 0 radical (unpaired) electrons. The van der Waals surface area contributed by atoms with Crippen molar-refractivity contribution in [3.63, 3.8) is 0 Å². The maximum absolute atomic E-state index is 6.09. The molecule has 1 saturated carbocycles. The van der Waals surface area contributed by atoms with Gasteiger partial charge >= 0.3 is 0 Å². The lowest BCUT2D eigenvalue weighted by molar-refractivity contribution is 0.400. The van der Waals surface area contributed by atoms with Crippen LogP contribution in [0.4, 0.5) is 5.82 Å². The van der Waals surface area contributed by atoms with Gasteiger partial charge in [0.05, 0.1) is 5.69 Å². The van der Waals surface area contributed by atoms with Gasteiger partial charge in [0, 0.05) is 18.3 Å². The third-order valence-corrected chi connectivity index (χ3v) is 4.34. The Labute approximate surface area is 129 Å². The number of nitrogen functional groups attached to an aromatic ring is 1. The van der Waals surface area contributed by atoms with Crippen LogP contribution in [-0.2, 0) is 0 Å². The van der Waals surface area contributed by atoms with Gasteiger partial charge in [0.2, 0.25) is 0 Å². The summed E-state index contributed by atoms with van der Waals surface area (Å²) >= 11 is 0. The Bertz CT molecular complexity index is 829. The Balaban J connectivity index is 1.81. The zero-order valence-corrected chi connectivity index (χ0v) is 12.3. The highest BCUT2D eigenvalue weighted by molar-refractivity contribution is 5.82. The van der Waals surface area contributed by atoms with Crippen molar-refractivity contribution in [3.8, 4) is 0 Å². The van der Waals surface area contributed by atoms with E-state index in [-0.39, 0.29) is 0 Å². The number of aromatic nitrogens is 3. The second kappa shape index (κ2) is 5.30. The number of imidazole rings is 1. The zero-order chi connectivity index (χ0) is 14.9. The summed E-state index contributed by atoms with van der Waals surface area (Å²) in [6.07, 6.45) is 11.5. The van der Waals surface area contributed by atoms with Gasteiger partial charge in [-0.15, -0.1) is 0 Å². The third-order valence-electron chi connectivity index (χ3n) is 4.34. The number of rotatable bonds is 3. The molecule has 110 valence electrons. The summed E-state index contributed by atoms with van der Waals surface area (Å²) in [7, 11) is 0. The maximum Gasteiger partial charge on any atom is 0.150 e. The first kappa shape index (κ1) is 13.1. The van der Waals surface area contributed by atoms with Gasteiger partial charge < -0.3 is 5.73 Å². The van der Waals surface area contributed by atoms with Crippen molar-refractivity contribution < 1.29 is 0 Å². The SMILES string of the molecule is Nc1nccn2c(C3CCC3)nc(C=Cc3ccccc3)c12. The van der Waals surface area contributed by atoms with Gasteiger partial charge in [-0.05, 0) is 24.5 Å². The van der Waals surface area contributed by atoms with Crippen LogP contribution in [0, 0.1) is 0 Å². The first-order valence-electron chi connectivity index (χ1n) is 7.68. The lowest BCUT2D eigenvalue weighted by Crippen LogP contribution is -2.12. The van der Waals surface area contributed by atoms with Crippen molar-refractivity contribution in [2.45, 2.75) is 25.2 Å². The lowest BCUT2D eigenvalue weighted by Gasteiger charge is -2.23. The standard InChI is InChI=1S/C18H18N4/c19-17-16-15(10-9-13-5-2-1-3-6-13)21-18(14-7-4-8-14)22(16)12-11-20-17/h1-3,5-6,9-12,14H,4,7-8H2,(H2,19,20). The smallest absolute Gasteiger partial charge is 0.150 e. The molecule has 4 heteroatoms. The first-order chi connectivity index (χ1) is 10.8. The van der Waals surface area contributed by atoms with E-state index in [9.17, 15) is 0 Å². The molecule has 3 aromatic rings. The summed E-state index contributed by atoms with van der Waals surface area (Å²) in [5.74, 6) is 2.20. The van der Waals surface area contributed by atoms with Crippen molar-refractivity contribution in [2.24, 2.45) is 0 Å². The van der Waals surface area contributed by atoms with E-state index in [1.807, 2.05) is 30.5 Å². The second-order valence-corrected chi connectivity index (χ2v) is 5.76. The number of nitrogens with zero attached hydrogens (tertiary/aromatic N) is 3. The highest BCUT2D eigenvalue weighted by atomic mass is 15.1. The molecule has 0 amide bonds. The zero-order valence-electron chi connectivity index (χ0n) is 12.3. The van der Waals surface area contributed by atoms with Gasteiger partial charge in [-0.2, -0.15) is 0 Å². The Morgan fingerprint density at radius 1 is 1.14 bits per heavy atom. The van der Waals surface area contributed by atoms with E-state index in [2.05, 4.69) is 27.6 Å². The van der Waals surface area contributed by atoms with E-state index in [0.29, 0.717) is 11.7 Å². The second-order valence-electron chi connectivity index (χ2n) is 5.76. The fourth-order valence-corrected chi connectivity index (χ4v) is 2.93. The topological polar surface area (TPSA) is 56.2 Å². The van der Waals surface area contributed by atoms with Crippen LogP contribution >= 0.6 is 0 Å². The molecule has 1 aliphatic rings. The van der Waals surface area contributed by atoms with Crippen LogP contribution in [0.5, 0.6) is 0 Å². The molecule has 22 heavy (non-hydrogen) atoms. The lowest BCUT2D eigenvalue weighted by atomic mass is 9.85. The van der Waals surface area contributed by atoms with Gasteiger partial charge in [-0.1, -0.05) is 42.8 Å². The van der Waals surface area contributed by atoms with Gasteiger partial charge in [-0.3, -0.25) is 4.40 Å². The van der Waals surface area contributed by atoms with E-state index in [4.69, 9.17) is 10.7 Å². The van der Waals surface area contributed by atoms with E-state index >= 15 is 0 Å². The number of benzene rings is 1. The average molecular weight is 290 g/mol. The summed E-state index contributed by atoms with van der Waals surface area (Å²) in [4.78, 5) is 9.07. The molecule has 2 heterocycles. The minimum Gasteiger partial charge on any atom is -0.382 e. The normalized spacial score (nSPS) is 15.5. The van der Waals surface area contributed by atoms with Crippen molar-refractivity contribution in [3.05, 3.63) is 59.8 Å². The summed E-state index contributed by atoms with van der Waals surface area (Å²) in [5.41, 5.74) is 9.06. The fourth-order valence-electron chi connectivity index (χ4n) is 2.93. The molecule has 2 N–H and O–H groups in total. The highest BCUT2D eigenvalue weighted by Crippen LogP contribution is 2.37. The van der Waals surface area contributed by atoms with E-state index in [0.717, 1.165) is 22.6 Å². The molecule has 4 rings (SSSR count). The number of hydrogen-bond donors (Lipinski definition) is 1. The minimum atomic E-state index is 0.535. The fraction of sp³-hybridized carbons (Fsp3) is 0.222. The molecule has 1 fully saturated rings. The Morgan fingerprint density at radius 2 is 1.95 bits per heavy atom. The van der Waals surface area contributed by atoms with Crippen LogP contribution < -0.4 is 5.73 Å². The Hall–Kier alpha value is -2.62. The molecule has 4 nitrogen and oxygen atoms in total.